The van der Waals surface area contributed by atoms with E-state index < -0.39 is 6.04 Å². The van der Waals surface area contributed by atoms with Gasteiger partial charge in [0.05, 0.1) is 6.54 Å². The molecule has 0 saturated heterocycles. The van der Waals surface area contributed by atoms with E-state index in [4.69, 9.17) is 23.2 Å². The number of amides is 2. The molecule has 2 amide bonds. The molecule has 0 aliphatic rings. The predicted molar refractivity (Wildman–Crippen MR) is 109 cm³/mol. The Labute approximate surface area is 169 Å². The zero-order valence-corrected chi connectivity index (χ0v) is 16.9. The number of carbonyl (C=O) groups is 2. The number of rotatable bonds is 8. The minimum Gasteiger partial charge on any atom is -0.351 e. The van der Waals surface area contributed by atoms with Gasteiger partial charge in [-0.25, -0.2) is 0 Å². The molecule has 3 N–H and O–H groups in total. The van der Waals surface area contributed by atoms with Gasteiger partial charge in [0.1, 0.15) is 0 Å². The van der Waals surface area contributed by atoms with E-state index >= 15 is 0 Å². The molecule has 0 bridgehead atoms. The highest BCUT2D eigenvalue weighted by Crippen LogP contribution is 2.23. The number of hydrogen-bond acceptors (Lipinski definition) is 2. The van der Waals surface area contributed by atoms with E-state index in [1.165, 1.54) is 0 Å². The van der Waals surface area contributed by atoms with Gasteiger partial charge in [0, 0.05) is 27.8 Å². The molecule has 2 aromatic rings. The molecular formula is C20H24Cl2N3O2+. The van der Waals surface area contributed by atoms with Crippen LogP contribution in [-0.2, 0) is 9.59 Å². The van der Waals surface area contributed by atoms with Crippen LogP contribution in [0.3, 0.4) is 0 Å². The van der Waals surface area contributed by atoms with Crippen LogP contribution in [0.15, 0.2) is 48.5 Å². The number of nitrogens with one attached hydrogen (secondary N) is 3. The topological polar surface area (TPSA) is 62.6 Å². The van der Waals surface area contributed by atoms with Crippen LogP contribution in [0, 0.1) is 0 Å². The van der Waals surface area contributed by atoms with Gasteiger partial charge in [-0.2, -0.15) is 0 Å². The van der Waals surface area contributed by atoms with E-state index in [1.807, 2.05) is 44.2 Å². The molecule has 0 heterocycles. The Hall–Kier alpha value is -2.08. The number of likely N-dealkylation sites (N-methyl/N-ethyl adjacent to an activating group) is 2. The predicted octanol–water partition coefficient (Wildman–Crippen LogP) is 2.71. The van der Waals surface area contributed by atoms with Crippen molar-refractivity contribution in [3.05, 3.63) is 64.1 Å². The average molecular weight is 409 g/mol. The number of anilines is 1. The summed E-state index contributed by atoms with van der Waals surface area (Å²) in [5.74, 6) is -0.311. The SMILES string of the molecule is CCNC(=O)C[NH+](CC)[C@@H](C(=O)Nc1cc(Cl)cc(Cl)c1)c1ccccc1. The van der Waals surface area contributed by atoms with E-state index in [-0.39, 0.29) is 18.4 Å². The molecular weight excluding hydrogens is 385 g/mol. The summed E-state index contributed by atoms with van der Waals surface area (Å²) in [6.07, 6.45) is 0. The molecule has 0 spiro atoms. The van der Waals surface area contributed by atoms with E-state index in [2.05, 4.69) is 10.6 Å². The lowest BCUT2D eigenvalue weighted by molar-refractivity contribution is -0.912. The number of hydrogen-bond donors (Lipinski definition) is 3. The third kappa shape index (κ3) is 6.24. The Morgan fingerprint density at radius 2 is 1.67 bits per heavy atom. The fourth-order valence-corrected chi connectivity index (χ4v) is 3.48. The highest BCUT2D eigenvalue weighted by molar-refractivity contribution is 6.35. The summed E-state index contributed by atoms with van der Waals surface area (Å²) in [6.45, 7) is 5.19. The molecule has 0 radical (unpaired) electrons. The summed E-state index contributed by atoms with van der Waals surface area (Å²) in [7, 11) is 0. The van der Waals surface area contributed by atoms with Gasteiger partial charge < -0.3 is 15.5 Å². The summed E-state index contributed by atoms with van der Waals surface area (Å²) >= 11 is 12.1. The molecule has 2 atom stereocenters. The van der Waals surface area contributed by atoms with Crippen molar-refractivity contribution in [3.63, 3.8) is 0 Å². The first-order valence-electron chi connectivity index (χ1n) is 8.87. The molecule has 5 nitrogen and oxygen atoms in total. The molecule has 2 aromatic carbocycles. The van der Waals surface area contributed by atoms with Crippen molar-refractivity contribution in [1.29, 1.82) is 0 Å². The van der Waals surface area contributed by atoms with Gasteiger partial charge in [0.25, 0.3) is 11.8 Å². The molecule has 1 unspecified atom stereocenters. The van der Waals surface area contributed by atoms with Crippen LogP contribution < -0.4 is 15.5 Å². The summed E-state index contributed by atoms with van der Waals surface area (Å²) in [4.78, 5) is 26.1. The van der Waals surface area contributed by atoms with Gasteiger partial charge >= 0.3 is 0 Å². The number of carbonyl (C=O) groups excluding carboxylic acids is 2. The summed E-state index contributed by atoms with van der Waals surface area (Å²) < 4.78 is 0. The van der Waals surface area contributed by atoms with Crippen molar-refractivity contribution in [2.75, 3.05) is 25.0 Å². The Bertz CT molecular complexity index is 764. The highest BCUT2D eigenvalue weighted by atomic mass is 35.5. The van der Waals surface area contributed by atoms with Crippen LogP contribution in [0.25, 0.3) is 0 Å². The quantitative estimate of drug-likeness (QED) is 0.628. The Balaban J connectivity index is 2.30. The molecule has 27 heavy (non-hydrogen) atoms. The van der Waals surface area contributed by atoms with Gasteiger partial charge in [-0.1, -0.05) is 53.5 Å². The zero-order valence-electron chi connectivity index (χ0n) is 15.4. The normalized spacial score (nSPS) is 12.9. The van der Waals surface area contributed by atoms with Gasteiger partial charge in [-0.15, -0.1) is 0 Å². The lowest BCUT2D eigenvalue weighted by atomic mass is 10.0. The minimum atomic E-state index is -0.545. The molecule has 144 valence electrons. The zero-order chi connectivity index (χ0) is 19.8. The maximum atomic E-state index is 13.1. The molecule has 0 aliphatic carbocycles. The summed E-state index contributed by atoms with van der Waals surface area (Å²) in [5, 5.41) is 6.56. The largest absolute Gasteiger partial charge is 0.351 e. The van der Waals surface area contributed by atoms with E-state index in [0.717, 1.165) is 10.5 Å². The van der Waals surface area contributed by atoms with Gasteiger partial charge in [0.15, 0.2) is 12.6 Å². The monoisotopic (exact) mass is 408 g/mol. The highest BCUT2D eigenvalue weighted by Gasteiger charge is 2.32. The number of benzene rings is 2. The van der Waals surface area contributed by atoms with E-state index in [0.29, 0.717) is 28.8 Å². The first-order chi connectivity index (χ1) is 12.9. The van der Waals surface area contributed by atoms with Crippen LogP contribution in [0.1, 0.15) is 25.5 Å². The molecule has 0 aliphatic heterocycles. The maximum absolute atomic E-state index is 13.1. The molecule has 0 fully saturated rings. The average Bonchev–Trinajstić information content (AvgIpc) is 2.61. The summed E-state index contributed by atoms with van der Waals surface area (Å²) in [5.41, 5.74) is 1.36. The molecule has 0 saturated carbocycles. The Morgan fingerprint density at radius 3 is 2.22 bits per heavy atom. The van der Waals surface area contributed by atoms with Gasteiger partial charge in [-0.3, -0.25) is 9.59 Å². The minimum absolute atomic E-state index is 0.0890. The van der Waals surface area contributed by atoms with Crippen molar-refractivity contribution in [3.8, 4) is 0 Å². The Kier molecular flexibility index (Phi) is 8.10. The van der Waals surface area contributed by atoms with Crippen LogP contribution in [0.4, 0.5) is 5.69 Å². The smallest absolute Gasteiger partial charge is 0.287 e. The van der Waals surface area contributed by atoms with Crippen LogP contribution in [-0.4, -0.2) is 31.4 Å². The van der Waals surface area contributed by atoms with E-state index in [1.54, 1.807) is 18.2 Å². The lowest BCUT2D eigenvalue weighted by Crippen LogP contribution is -3.14. The third-order valence-electron chi connectivity index (χ3n) is 4.15. The van der Waals surface area contributed by atoms with Crippen molar-refractivity contribution in [2.24, 2.45) is 0 Å². The Morgan fingerprint density at radius 1 is 1.04 bits per heavy atom. The number of quaternary nitrogens is 1. The van der Waals surface area contributed by atoms with Crippen LogP contribution >= 0.6 is 23.2 Å². The standard InChI is InChI=1S/C20H23Cl2N3O2/c1-3-23-18(26)13-25(4-2)19(14-8-6-5-7-9-14)20(27)24-17-11-15(21)10-16(22)12-17/h5-12,19H,3-4,13H2,1-2H3,(H,23,26)(H,24,27)/p+1/t19-/m1/s1. The second kappa shape index (κ2) is 10.3. The van der Waals surface area contributed by atoms with Gasteiger partial charge in [-0.05, 0) is 32.0 Å². The second-order valence-electron chi connectivity index (χ2n) is 6.13. The van der Waals surface area contributed by atoms with Crippen molar-refractivity contribution in [2.45, 2.75) is 19.9 Å². The first kappa shape index (κ1) is 21.2. The molecule has 0 aromatic heterocycles. The second-order valence-corrected chi connectivity index (χ2v) is 7.01. The van der Waals surface area contributed by atoms with Crippen molar-refractivity contribution < 1.29 is 14.5 Å². The van der Waals surface area contributed by atoms with Crippen molar-refractivity contribution in [1.82, 2.24) is 5.32 Å². The van der Waals surface area contributed by atoms with Crippen LogP contribution in [0.5, 0.6) is 0 Å². The fraction of sp³-hybridized carbons (Fsp3) is 0.300. The van der Waals surface area contributed by atoms with Gasteiger partial charge in [0.2, 0.25) is 0 Å². The molecule has 2 rings (SSSR count). The summed E-state index contributed by atoms with van der Waals surface area (Å²) in [6, 6.07) is 13.8. The van der Waals surface area contributed by atoms with Crippen molar-refractivity contribution >= 4 is 40.7 Å². The fourth-order valence-electron chi connectivity index (χ4n) is 2.96. The molecule has 7 heteroatoms. The van der Waals surface area contributed by atoms with Crippen LogP contribution in [0.2, 0.25) is 10.0 Å². The lowest BCUT2D eigenvalue weighted by Gasteiger charge is -2.26. The first-order valence-corrected chi connectivity index (χ1v) is 9.63. The van der Waals surface area contributed by atoms with E-state index in [9.17, 15) is 9.59 Å². The number of halogens is 2. The third-order valence-corrected chi connectivity index (χ3v) is 4.59. The maximum Gasteiger partial charge on any atom is 0.287 e.